The summed E-state index contributed by atoms with van der Waals surface area (Å²) in [6, 6.07) is 13.2. The number of halogens is 1. The van der Waals surface area contributed by atoms with Crippen molar-refractivity contribution in [1.29, 1.82) is 5.26 Å². The van der Waals surface area contributed by atoms with Gasteiger partial charge in [-0.25, -0.2) is 0 Å². The highest BCUT2D eigenvalue weighted by molar-refractivity contribution is 6.33. The van der Waals surface area contributed by atoms with Crippen LogP contribution in [0.5, 0.6) is 0 Å². The lowest BCUT2D eigenvalue weighted by atomic mass is 10.1. The van der Waals surface area contributed by atoms with Gasteiger partial charge in [0, 0.05) is 11.3 Å². The van der Waals surface area contributed by atoms with Gasteiger partial charge in [0.25, 0.3) is 5.91 Å². The van der Waals surface area contributed by atoms with Crippen molar-refractivity contribution in [3.8, 4) is 6.07 Å². The van der Waals surface area contributed by atoms with E-state index in [0.717, 1.165) is 0 Å². The van der Waals surface area contributed by atoms with Gasteiger partial charge in [0.15, 0.2) is 0 Å². The maximum absolute atomic E-state index is 11.9. The number of amides is 1. The van der Waals surface area contributed by atoms with E-state index in [4.69, 9.17) is 22.6 Å². The predicted molar refractivity (Wildman–Crippen MR) is 75.0 cm³/mol. The number of carbonyl (C=O) groups is 1. The fourth-order valence-electron chi connectivity index (χ4n) is 1.50. The van der Waals surface area contributed by atoms with E-state index < -0.39 is 0 Å². The number of nitrogens with one attached hydrogen (secondary N) is 1. The monoisotopic (exact) mass is 271 g/mol. The topological polar surface area (TPSA) is 78.9 Å². The number of hydrogen-bond donors (Lipinski definition) is 2. The van der Waals surface area contributed by atoms with Crippen molar-refractivity contribution >= 4 is 28.9 Å². The van der Waals surface area contributed by atoms with Gasteiger partial charge in [-0.15, -0.1) is 0 Å². The van der Waals surface area contributed by atoms with Crippen molar-refractivity contribution in [2.45, 2.75) is 0 Å². The summed E-state index contributed by atoms with van der Waals surface area (Å²) in [6.45, 7) is 0. The van der Waals surface area contributed by atoms with Crippen LogP contribution in [0.3, 0.4) is 0 Å². The molecule has 19 heavy (non-hydrogen) atoms. The first-order valence-corrected chi connectivity index (χ1v) is 5.84. The molecule has 2 aromatic rings. The number of benzene rings is 2. The molecule has 0 atom stereocenters. The second-order valence-electron chi connectivity index (χ2n) is 3.88. The Bertz CT molecular complexity index is 659. The van der Waals surface area contributed by atoms with Crippen LogP contribution in [0.15, 0.2) is 42.5 Å². The van der Waals surface area contributed by atoms with Gasteiger partial charge in [-0.2, -0.15) is 5.26 Å². The van der Waals surface area contributed by atoms with E-state index in [1.165, 1.54) is 0 Å². The molecule has 0 radical (unpaired) electrons. The zero-order chi connectivity index (χ0) is 13.8. The lowest BCUT2D eigenvalue weighted by Gasteiger charge is -2.06. The molecule has 2 aromatic carbocycles. The molecule has 0 spiro atoms. The van der Waals surface area contributed by atoms with Gasteiger partial charge < -0.3 is 11.1 Å². The van der Waals surface area contributed by atoms with Crippen LogP contribution < -0.4 is 11.1 Å². The lowest BCUT2D eigenvalue weighted by molar-refractivity contribution is 0.102. The predicted octanol–water partition coefficient (Wildman–Crippen LogP) is 3.05. The Hall–Kier alpha value is -2.51. The summed E-state index contributed by atoms with van der Waals surface area (Å²) in [5.74, 6) is -0.273. The molecule has 5 heteroatoms. The minimum absolute atomic E-state index is 0.273. The van der Waals surface area contributed by atoms with Gasteiger partial charge in [0.1, 0.15) is 0 Å². The molecule has 0 bridgehead atoms. The number of carbonyl (C=O) groups excluding carboxylic acids is 1. The van der Waals surface area contributed by atoms with Gasteiger partial charge in [0.2, 0.25) is 0 Å². The van der Waals surface area contributed by atoms with Gasteiger partial charge in [0.05, 0.1) is 22.3 Å². The largest absolute Gasteiger partial charge is 0.398 e. The molecule has 0 unspecified atom stereocenters. The van der Waals surface area contributed by atoms with Crippen LogP contribution in [-0.4, -0.2) is 5.91 Å². The second kappa shape index (κ2) is 5.42. The molecule has 2 rings (SSSR count). The van der Waals surface area contributed by atoms with Crippen molar-refractivity contribution in [3.05, 3.63) is 58.6 Å². The molecule has 0 saturated carbocycles. The van der Waals surface area contributed by atoms with E-state index in [1.807, 2.05) is 6.07 Å². The summed E-state index contributed by atoms with van der Waals surface area (Å²) in [6.07, 6.45) is 0. The highest BCUT2D eigenvalue weighted by atomic mass is 35.5. The number of nitrogen functional groups attached to an aromatic ring is 1. The van der Waals surface area contributed by atoms with Crippen molar-refractivity contribution in [3.63, 3.8) is 0 Å². The van der Waals surface area contributed by atoms with Crippen molar-refractivity contribution < 1.29 is 4.79 Å². The lowest BCUT2D eigenvalue weighted by Crippen LogP contribution is -2.11. The van der Waals surface area contributed by atoms with Gasteiger partial charge in [-0.3, -0.25) is 4.79 Å². The van der Waals surface area contributed by atoms with Crippen LogP contribution in [0.1, 0.15) is 15.9 Å². The van der Waals surface area contributed by atoms with Gasteiger partial charge >= 0.3 is 0 Å². The normalized spacial score (nSPS) is 9.68. The molecule has 4 nitrogen and oxygen atoms in total. The SMILES string of the molecule is N#Cc1ccc(C(=O)Nc2ccc(N)c(Cl)c2)cc1. The van der Waals surface area contributed by atoms with E-state index in [2.05, 4.69) is 5.32 Å². The average molecular weight is 272 g/mol. The molecule has 0 heterocycles. The van der Waals surface area contributed by atoms with E-state index in [9.17, 15) is 4.79 Å². The quantitative estimate of drug-likeness (QED) is 0.824. The molecule has 0 aromatic heterocycles. The number of nitrogens with zero attached hydrogens (tertiary/aromatic N) is 1. The van der Waals surface area contributed by atoms with Gasteiger partial charge in [-0.1, -0.05) is 11.6 Å². The molecule has 1 amide bonds. The molecule has 0 aliphatic heterocycles. The molecule has 3 N–H and O–H groups in total. The highest BCUT2D eigenvalue weighted by Crippen LogP contribution is 2.22. The van der Waals surface area contributed by atoms with Crippen molar-refractivity contribution in [2.75, 3.05) is 11.1 Å². The second-order valence-corrected chi connectivity index (χ2v) is 4.29. The van der Waals surface area contributed by atoms with Crippen molar-refractivity contribution in [2.24, 2.45) is 0 Å². The zero-order valence-electron chi connectivity index (χ0n) is 9.85. The Morgan fingerprint density at radius 1 is 1.21 bits per heavy atom. The summed E-state index contributed by atoms with van der Waals surface area (Å²) in [7, 11) is 0. The first-order chi connectivity index (χ1) is 9.10. The van der Waals surface area contributed by atoms with E-state index in [1.54, 1.807) is 42.5 Å². The summed E-state index contributed by atoms with van der Waals surface area (Å²) in [5, 5.41) is 11.8. The standard InChI is InChI=1S/C14H10ClN3O/c15-12-7-11(5-6-13(12)17)18-14(19)10-3-1-9(8-16)2-4-10/h1-7H,17H2,(H,18,19). The third-order valence-electron chi connectivity index (χ3n) is 2.53. The number of nitrogens with two attached hydrogens (primary N) is 1. The minimum Gasteiger partial charge on any atom is -0.398 e. The third kappa shape index (κ3) is 3.03. The molecule has 0 saturated heterocycles. The van der Waals surface area contributed by atoms with Crippen LogP contribution in [0, 0.1) is 11.3 Å². The van der Waals surface area contributed by atoms with Crippen LogP contribution in [0.2, 0.25) is 5.02 Å². The van der Waals surface area contributed by atoms with Crippen LogP contribution in [0.25, 0.3) is 0 Å². The van der Waals surface area contributed by atoms with Crippen LogP contribution >= 0.6 is 11.6 Å². The fraction of sp³-hybridized carbons (Fsp3) is 0. The maximum atomic E-state index is 11.9. The summed E-state index contributed by atoms with van der Waals surface area (Å²) >= 11 is 5.87. The average Bonchev–Trinajstić information content (AvgIpc) is 2.43. The molecular weight excluding hydrogens is 262 g/mol. The summed E-state index contributed by atoms with van der Waals surface area (Å²) in [4.78, 5) is 11.9. The smallest absolute Gasteiger partial charge is 0.255 e. The number of hydrogen-bond acceptors (Lipinski definition) is 3. The molecule has 0 aliphatic carbocycles. The minimum atomic E-state index is -0.273. The summed E-state index contributed by atoms with van der Waals surface area (Å²) in [5.41, 5.74) is 7.58. The first-order valence-electron chi connectivity index (χ1n) is 5.46. The first kappa shape index (κ1) is 12.9. The Balaban J connectivity index is 2.16. The Kier molecular flexibility index (Phi) is 3.69. The number of nitriles is 1. The molecular formula is C14H10ClN3O. The number of anilines is 2. The number of rotatable bonds is 2. The van der Waals surface area contributed by atoms with Crippen LogP contribution in [-0.2, 0) is 0 Å². The highest BCUT2D eigenvalue weighted by Gasteiger charge is 2.07. The van der Waals surface area contributed by atoms with Crippen LogP contribution in [0.4, 0.5) is 11.4 Å². The molecule has 0 fully saturated rings. The Labute approximate surface area is 115 Å². The fourth-order valence-corrected chi connectivity index (χ4v) is 1.68. The van der Waals surface area contributed by atoms with E-state index >= 15 is 0 Å². The maximum Gasteiger partial charge on any atom is 0.255 e. The molecule has 0 aliphatic rings. The Morgan fingerprint density at radius 3 is 2.47 bits per heavy atom. The molecule has 94 valence electrons. The third-order valence-corrected chi connectivity index (χ3v) is 2.86. The summed E-state index contributed by atoms with van der Waals surface area (Å²) < 4.78 is 0. The Morgan fingerprint density at radius 2 is 1.89 bits per heavy atom. The van der Waals surface area contributed by atoms with E-state index in [0.29, 0.717) is 27.5 Å². The zero-order valence-corrected chi connectivity index (χ0v) is 10.6. The van der Waals surface area contributed by atoms with Gasteiger partial charge in [-0.05, 0) is 42.5 Å². The van der Waals surface area contributed by atoms with E-state index in [-0.39, 0.29) is 5.91 Å². The van der Waals surface area contributed by atoms with Crippen molar-refractivity contribution in [1.82, 2.24) is 0 Å².